The predicted molar refractivity (Wildman–Crippen MR) is 106 cm³/mol. The highest BCUT2D eigenvalue weighted by Crippen LogP contribution is 2.11. The number of amides is 1. The minimum Gasteiger partial charge on any atom is -0.346 e. The van der Waals surface area contributed by atoms with Gasteiger partial charge in [-0.15, -0.1) is 0 Å². The number of rotatable bonds is 7. The van der Waals surface area contributed by atoms with Crippen LogP contribution >= 0.6 is 0 Å². The number of carbonyl (C=O) groups is 1. The molecule has 4 aromatic heterocycles. The van der Waals surface area contributed by atoms with E-state index in [1.807, 2.05) is 41.2 Å². The summed E-state index contributed by atoms with van der Waals surface area (Å²) in [4.78, 5) is 23.8. The lowest BCUT2D eigenvalue weighted by Gasteiger charge is -2.17. The van der Waals surface area contributed by atoms with E-state index in [1.165, 1.54) is 0 Å². The van der Waals surface area contributed by atoms with Crippen LogP contribution < -0.4 is 5.32 Å². The van der Waals surface area contributed by atoms with Crippen molar-refractivity contribution < 1.29 is 4.79 Å². The molecule has 0 fully saturated rings. The van der Waals surface area contributed by atoms with Crippen LogP contribution in [-0.4, -0.2) is 47.9 Å². The Hall–Kier alpha value is -3.26. The lowest BCUT2D eigenvalue weighted by Crippen LogP contribution is -2.24. The number of aromatic nitrogens is 5. The number of fused-ring (bicyclic) bond motifs is 2. The zero-order valence-corrected chi connectivity index (χ0v) is 16.0. The Morgan fingerprint density at radius 1 is 1.14 bits per heavy atom. The molecule has 144 valence electrons. The topological polar surface area (TPSA) is 79.8 Å². The zero-order chi connectivity index (χ0) is 19.5. The van der Waals surface area contributed by atoms with Crippen molar-refractivity contribution >= 4 is 17.2 Å². The van der Waals surface area contributed by atoms with Crippen LogP contribution in [0.1, 0.15) is 35.5 Å². The van der Waals surface area contributed by atoms with Crippen molar-refractivity contribution in [3.63, 3.8) is 0 Å². The zero-order valence-electron chi connectivity index (χ0n) is 16.0. The number of carbonyl (C=O) groups excluding carboxylic acids is 1. The van der Waals surface area contributed by atoms with Gasteiger partial charge in [-0.05, 0) is 25.2 Å². The predicted octanol–water partition coefficient (Wildman–Crippen LogP) is 2.15. The third-order valence-corrected chi connectivity index (χ3v) is 4.88. The lowest BCUT2D eigenvalue weighted by molar-refractivity contribution is 0.0952. The first-order valence-corrected chi connectivity index (χ1v) is 9.43. The van der Waals surface area contributed by atoms with Crippen LogP contribution in [0.3, 0.4) is 0 Å². The van der Waals surface area contributed by atoms with E-state index in [9.17, 15) is 4.79 Å². The molecule has 8 heteroatoms. The van der Waals surface area contributed by atoms with Crippen molar-refractivity contribution in [1.29, 1.82) is 0 Å². The highest BCUT2D eigenvalue weighted by Gasteiger charge is 2.15. The van der Waals surface area contributed by atoms with Gasteiger partial charge in [-0.25, -0.2) is 14.5 Å². The molecule has 0 aliphatic carbocycles. The summed E-state index contributed by atoms with van der Waals surface area (Å²) in [6.07, 6.45) is 9.01. The number of hydrogen-bond donors (Lipinski definition) is 1. The second kappa shape index (κ2) is 7.77. The molecular formula is C20H23N7O. The Balaban J connectivity index is 1.49. The van der Waals surface area contributed by atoms with Crippen molar-refractivity contribution in [2.45, 2.75) is 26.9 Å². The number of pyridine rings is 1. The summed E-state index contributed by atoms with van der Waals surface area (Å²) in [6.45, 7) is 7.41. The first-order valence-electron chi connectivity index (χ1n) is 9.43. The molecule has 1 amide bonds. The molecule has 0 unspecified atom stereocenters. The van der Waals surface area contributed by atoms with Crippen molar-refractivity contribution in [1.82, 2.24) is 34.2 Å². The quantitative estimate of drug-likeness (QED) is 0.534. The first-order chi connectivity index (χ1) is 13.7. The molecule has 0 saturated heterocycles. The molecule has 1 N–H and O–H groups in total. The van der Waals surface area contributed by atoms with Crippen molar-refractivity contribution in [2.75, 3.05) is 13.1 Å². The van der Waals surface area contributed by atoms with Crippen LogP contribution in [0.15, 0.2) is 49.2 Å². The van der Waals surface area contributed by atoms with Crippen LogP contribution in [0, 0.1) is 0 Å². The van der Waals surface area contributed by atoms with Gasteiger partial charge in [0.15, 0.2) is 5.65 Å². The monoisotopic (exact) mass is 377 g/mol. The highest BCUT2D eigenvalue weighted by molar-refractivity contribution is 5.99. The van der Waals surface area contributed by atoms with E-state index in [-0.39, 0.29) is 5.91 Å². The lowest BCUT2D eigenvalue weighted by atomic mass is 10.3. The molecule has 28 heavy (non-hydrogen) atoms. The molecule has 0 bridgehead atoms. The third kappa shape index (κ3) is 3.46. The summed E-state index contributed by atoms with van der Waals surface area (Å²) in [5.74, 6) is -0.204. The van der Waals surface area contributed by atoms with Crippen LogP contribution in [0.25, 0.3) is 11.3 Å². The molecule has 0 saturated carbocycles. The summed E-state index contributed by atoms with van der Waals surface area (Å²) in [5.41, 5.74) is 3.85. The Morgan fingerprint density at radius 2 is 2.00 bits per heavy atom. The first kappa shape index (κ1) is 18.1. The molecule has 8 nitrogen and oxygen atoms in total. The average molecular weight is 377 g/mol. The number of nitrogens with zero attached hydrogens (tertiary/aromatic N) is 6. The molecule has 0 atom stereocenters. The number of hydrogen-bond acceptors (Lipinski definition) is 5. The third-order valence-electron chi connectivity index (χ3n) is 4.88. The number of nitrogens with one attached hydrogen (secondary N) is 1. The van der Waals surface area contributed by atoms with Crippen LogP contribution in [0.4, 0.5) is 0 Å². The minimum absolute atomic E-state index is 0.204. The van der Waals surface area contributed by atoms with Gasteiger partial charge in [-0.1, -0.05) is 19.9 Å². The fraction of sp³-hybridized carbons (Fsp3) is 0.300. The van der Waals surface area contributed by atoms with Gasteiger partial charge >= 0.3 is 0 Å². The van der Waals surface area contributed by atoms with E-state index >= 15 is 0 Å². The van der Waals surface area contributed by atoms with Gasteiger partial charge in [0.05, 0.1) is 24.6 Å². The molecule has 4 rings (SSSR count). The maximum atomic E-state index is 12.7. The summed E-state index contributed by atoms with van der Waals surface area (Å²) < 4.78 is 3.62. The smallest absolute Gasteiger partial charge is 0.257 e. The van der Waals surface area contributed by atoms with E-state index in [2.05, 4.69) is 39.1 Å². The Morgan fingerprint density at radius 3 is 2.82 bits per heavy atom. The summed E-state index contributed by atoms with van der Waals surface area (Å²) >= 11 is 0. The van der Waals surface area contributed by atoms with Gasteiger partial charge in [-0.2, -0.15) is 5.10 Å². The van der Waals surface area contributed by atoms with Gasteiger partial charge in [0.2, 0.25) is 0 Å². The van der Waals surface area contributed by atoms with E-state index in [0.29, 0.717) is 17.8 Å². The van der Waals surface area contributed by atoms with Gasteiger partial charge < -0.3 is 9.72 Å². The van der Waals surface area contributed by atoms with Crippen LogP contribution in [0.5, 0.6) is 0 Å². The Labute approximate surface area is 162 Å². The Kier molecular flexibility index (Phi) is 5.03. The molecule has 0 aliphatic heterocycles. The molecule has 0 aliphatic rings. The summed E-state index contributed by atoms with van der Waals surface area (Å²) in [7, 11) is 0. The van der Waals surface area contributed by atoms with Crippen LogP contribution in [-0.2, 0) is 13.1 Å². The summed E-state index contributed by atoms with van der Waals surface area (Å²) in [5, 5.41) is 7.25. The van der Waals surface area contributed by atoms with Gasteiger partial charge in [0.1, 0.15) is 11.2 Å². The molecular weight excluding hydrogens is 354 g/mol. The molecule has 4 heterocycles. The molecule has 0 spiro atoms. The Bertz CT molecular complexity index is 1110. The second-order valence-electron chi connectivity index (χ2n) is 6.61. The summed E-state index contributed by atoms with van der Waals surface area (Å²) in [6, 6.07) is 5.80. The van der Waals surface area contributed by atoms with Gasteiger partial charge in [0.25, 0.3) is 5.91 Å². The van der Waals surface area contributed by atoms with Crippen molar-refractivity contribution in [2.24, 2.45) is 0 Å². The minimum atomic E-state index is -0.204. The normalized spacial score (nSPS) is 11.5. The SMILES string of the molecule is CCN(CC)Cc1cnc2c(C(=O)NCc3cnc4ccccn34)cnn2c1. The molecule has 4 aromatic rings. The average Bonchev–Trinajstić information content (AvgIpc) is 3.34. The number of imidazole rings is 1. The van der Waals surface area contributed by atoms with Gasteiger partial charge in [0, 0.05) is 30.7 Å². The van der Waals surface area contributed by atoms with Crippen LogP contribution in [0.2, 0.25) is 0 Å². The maximum Gasteiger partial charge on any atom is 0.257 e. The van der Waals surface area contributed by atoms with E-state index in [0.717, 1.165) is 36.5 Å². The largest absolute Gasteiger partial charge is 0.346 e. The maximum absolute atomic E-state index is 12.7. The highest BCUT2D eigenvalue weighted by atomic mass is 16.1. The van der Waals surface area contributed by atoms with E-state index in [1.54, 1.807) is 16.9 Å². The van der Waals surface area contributed by atoms with E-state index < -0.39 is 0 Å². The standard InChI is InChI=1S/C20H23N7O/c1-3-25(4-2)13-15-9-22-19-17(12-24-27(19)14-15)20(28)23-11-16-10-21-18-7-5-6-8-26(16)18/h5-10,12,14H,3-4,11,13H2,1-2H3,(H,23,28). The van der Waals surface area contributed by atoms with Gasteiger partial charge in [-0.3, -0.25) is 9.69 Å². The van der Waals surface area contributed by atoms with Crippen molar-refractivity contribution in [3.8, 4) is 0 Å². The van der Waals surface area contributed by atoms with E-state index in [4.69, 9.17) is 0 Å². The molecule has 0 aromatic carbocycles. The second-order valence-corrected chi connectivity index (χ2v) is 6.61. The fourth-order valence-corrected chi connectivity index (χ4v) is 3.24. The van der Waals surface area contributed by atoms with Crippen molar-refractivity contribution in [3.05, 3.63) is 66.0 Å². The fourth-order valence-electron chi connectivity index (χ4n) is 3.24. The molecule has 0 radical (unpaired) electrons.